The summed E-state index contributed by atoms with van der Waals surface area (Å²) in [5.74, 6) is -0.703. The van der Waals surface area contributed by atoms with Crippen LogP contribution in [0.25, 0.3) is 6.08 Å². The summed E-state index contributed by atoms with van der Waals surface area (Å²) in [6.07, 6.45) is 1.38. The fraction of sp³-hybridized carbons (Fsp3) is 0.150. The number of amides is 3. The Morgan fingerprint density at radius 1 is 1.25 bits per heavy atom. The number of nitro groups is 1. The standard InChI is InChI=1S/C20H15Cl2N3O6S/c1-31-16-5-3-12(21)10-13(16)18(26)23-6-7-24-19(27)17(32-20(24)28)9-11-2-4-14(22)15(8-11)25(29)30/h2-5,8-10H,6-7H2,1H3,(H,23,26)/b17-9-. The highest BCUT2D eigenvalue weighted by Gasteiger charge is 2.34. The van der Waals surface area contributed by atoms with Gasteiger partial charge in [0.1, 0.15) is 10.8 Å². The minimum atomic E-state index is -0.636. The van der Waals surface area contributed by atoms with Gasteiger partial charge in [0, 0.05) is 24.2 Å². The number of benzene rings is 2. The first-order chi connectivity index (χ1) is 15.2. The maximum atomic E-state index is 12.6. The third-order valence-electron chi connectivity index (χ3n) is 4.37. The molecular weight excluding hydrogens is 481 g/mol. The molecule has 0 saturated carbocycles. The van der Waals surface area contributed by atoms with Crippen LogP contribution in [0.1, 0.15) is 15.9 Å². The van der Waals surface area contributed by atoms with Crippen molar-refractivity contribution in [3.63, 3.8) is 0 Å². The summed E-state index contributed by atoms with van der Waals surface area (Å²) in [5.41, 5.74) is 0.269. The van der Waals surface area contributed by atoms with E-state index >= 15 is 0 Å². The molecule has 1 N–H and O–H groups in total. The summed E-state index contributed by atoms with van der Waals surface area (Å²) in [4.78, 5) is 48.8. The van der Waals surface area contributed by atoms with Crippen molar-refractivity contribution in [1.82, 2.24) is 10.2 Å². The van der Waals surface area contributed by atoms with Crippen LogP contribution < -0.4 is 10.1 Å². The van der Waals surface area contributed by atoms with E-state index in [1.165, 1.54) is 37.5 Å². The zero-order chi connectivity index (χ0) is 23.4. The van der Waals surface area contributed by atoms with E-state index in [4.69, 9.17) is 27.9 Å². The molecule has 1 heterocycles. The first kappa shape index (κ1) is 23.6. The van der Waals surface area contributed by atoms with Gasteiger partial charge in [-0.15, -0.1) is 0 Å². The molecule has 166 valence electrons. The molecule has 0 aromatic heterocycles. The lowest BCUT2D eigenvalue weighted by Gasteiger charge is -2.14. The molecule has 0 bridgehead atoms. The summed E-state index contributed by atoms with van der Waals surface area (Å²) < 4.78 is 5.14. The molecule has 1 aliphatic rings. The second-order valence-electron chi connectivity index (χ2n) is 6.40. The minimum Gasteiger partial charge on any atom is -0.496 e. The van der Waals surface area contributed by atoms with Crippen molar-refractivity contribution in [3.8, 4) is 5.75 Å². The average Bonchev–Trinajstić information content (AvgIpc) is 3.02. The fourth-order valence-corrected chi connectivity index (χ4v) is 4.06. The molecule has 1 aliphatic heterocycles. The Kier molecular flexibility index (Phi) is 7.39. The number of hydrogen-bond acceptors (Lipinski definition) is 7. The lowest BCUT2D eigenvalue weighted by molar-refractivity contribution is -0.384. The molecule has 1 fully saturated rings. The maximum Gasteiger partial charge on any atom is 0.293 e. The molecule has 12 heteroatoms. The number of thioether (sulfide) groups is 1. The third kappa shape index (κ3) is 5.21. The largest absolute Gasteiger partial charge is 0.496 e. The van der Waals surface area contributed by atoms with E-state index in [1.54, 1.807) is 12.1 Å². The highest BCUT2D eigenvalue weighted by molar-refractivity contribution is 8.18. The smallest absolute Gasteiger partial charge is 0.293 e. The van der Waals surface area contributed by atoms with Crippen LogP contribution in [0.15, 0.2) is 41.3 Å². The van der Waals surface area contributed by atoms with Crippen LogP contribution in [-0.2, 0) is 4.79 Å². The van der Waals surface area contributed by atoms with E-state index in [1.807, 2.05) is 0 Å². The zero-order valence-corrected chi connectivity index (χ0v) is 18.8. The highest BCUT2D eigenvalue weighted by Crippen LogP contribution is 2.33. The van der Waals surface area contributed by atoms with Crippen LogP contribution in [0.4, 0.5) is 10.5 Å². The van der Waals surface area contributed by atoms with Gasteiger partial charge in [-0.25, -0.2) is 0 Å². The van der Waals surface area contributed by atoms with Crippen molar-refractivity contribution in [2.24, 2.45) is 0 Å². The van der Waals surface area contributed by atoms with Crippen molar-refractivity contribution in [3.05, 3.63) is 72.6 Å². The Bertz CT molecular complexity index is 1150. The van der Waals surface area contributed by atoms with Gasteiger partial charge in [-0.3, -0.25) is 29.4 Å². The third-order valence-corrected chi connectivity index (χ3v) is 5.83. The van der Waals surface area contributed by atoms with Gasteiger partial charge in [-0.1, -0.05) is 29.3 Å². The molecule has 0 radical (unpaired) electrons. The summed E-state index contributed by atoms with van der Waals surface area (Å²) in [6, 6.07) is 8.65. The molecule has 2 aromatic carbocycles. The van der Waals surface area contributed by atoms with Gasteiger partial charge < -0.3 is 10.1 Å². The predicted molar refractivity (Wildman–Crippen MR) is 121 cm³/mol. The Morgan fingerprint density at radius 3 is 2.69 bits per heavy atom. The van der Waals surface area contributed by atoms with E-state index in [0.29, 0.717) is 28.1 Å². The quantitative estimate of drug-likeness (QED) is 0.343. The molecule has 0 unspecified atom stereocenters. The number of hydrogen-bond donors (Lipinski definition) is 1. The summed E-state index contributed by atoms with van der Waals surface area (Å²) in [6.45, 7) is -0.0520. The molecule has 0 spiro atoms. The van der Waals surface area contributed by atoms with Gasteiger partial charge >= 0.3 is 0 Å². The number of ether oxygens (including phenoxy) is 1. The van der Waals surface area contributed by atoms with E-state index in [9.17, 15) is 24.5 Å². The fourth-order valence-electron chi connectivity index (χ4n) is 2.84. The lowest BCUT2D eigenvalue weighted by Crippen LogP contribution is -2.37. The van der Waals surface area contributed by atoms with E-state index in [-0.39, 0.29) is 34.3 Å². The molecule has 0 atom stereocenters. The molecule has 3 rings (SSSR count). The Labute approximate surface area is 196 Å². The lowest BCUT2D eigenvalue weighted by atomic mass is 10.2. The zero-order valence-electron chi connectivity index (χ0n) is 16.5. The van der Waals surface area contributed by atoms with Crippen LogP contribution in [0.2, 0.25) is 10.0 Å². The number of carbonyl (C=O) groups excluding carboxylic acids is 3. The molecule has 32 heavy (non-hydrogen) atoms. The topological polar surface area (TPSA) is 119 Å². The van der Waals surface area contributed by atoms with Gasteiger partial charge in [-0.05, 0) is 47.7 Å². The van der Waals surface area contributed by atoms with Crippen molar-refractivity contribution in [2.45, 2.75) is 0 Å². The second-order valence-corrected chi connectivity index (χ2v) is 8.24. The second kappa shape index (κ2) is 10.0. The number of methoxy groups -OCH3 is 1. The average molecular weight is 496 g/mol. The normalized spacial score (nSPS) is 14.7. The number of imide groups is 1. The molecule has 0 aliphatic carbocycles. The van der Waals surface area contributed by atoms with Crippen molar-refractivity contribution < 1.29 is 24.0 Å². The molecule has 3 amide bonds. The first-order valence-electron chi connectivity index (χ1n) is 9.02. The van der Waals surface area contributed by atoms with Crippen molar-refractivity contribution >= 4 is 63.8 Å². The van der Waals surface area contributed by atoms with Gasteiger partial charge in [0.15, 0.2) is 0 Å². The molecule has 1 saturated heterocycles. The van der Waals surface area contributed by atoms with Crippen LogP contribution >= 0.6 is 35.0 Å². The van der Waals surface area contributed by atoms with Crippen molar-refractivity contribution in [2.75, 3.05) is 20.2 Å². The summed E-state index contributed by atoms with van der Waals surface area (Å²) in [5, 5.41) is 13.5. The SMILES string of the molecule is COc1ccc(Cl)cc1C(=O)NCCN1C(=O)S/C(=C\c2ccc(Cl)c([N+](=O)[O-])c2)C1=O. The Hall–Kier alpha value is -3.08. The molecular formula is C20H15Cl2N3O6S. The first-order valence-corrected chi connectivity index (χ1v) is 10.6. The van der Waals surface area contributed by atoms with Crippen LogP contribution in [-0.4, -0.2) is 47.1 Å². The predicted octanol–water partition coefficient (Wildman–Crippen LogP) is 4.38. The minimum absolute atomic E-state index is 0.00619. The number of rotatable bonds is 7. The van der Waals surface area contributed by atoms with Crippen molar-refractivity contribution in [1.29, 1.82) is 0 Å². The molecule has 2 aromatic rings. The number of nitrogens with zero attached hydrogens (tertiary/aromatic N) is 2. The summed E-state index contributed by atoms with van der Waals surface area (Å²) in [7, 11) is 1.42. The van der Waals surface area contributed by atoms with E-state index in [2.05, 4.69) is 5.32 Å². The van der Waals surface area contributed by atoms with Gasteiger partial charge in [0.2, 0.25) is 0 Å². The number of carbonyl (C=O) groups is 3. The maximum absolute atomic E-state index is 12.6. The number of halogens is 2. The summed E-state index contributed by atoms with van der Waals surface area (Å²) >= 11 is 12.4. The number of nitro benzene ring substituents is 1. The van der Waals surface area contributed by atoms with Gasteiger partial charge in [-0.2, -0.15) is 0 Å². The van der Waals surface area contributed by atoms with E-state index in [0.717, 1.165) is 4.90 Å². The monoisotopic (exact) mass is 495 g/mol. The molecule has 9 nitrogen and oxygen atoms in total. The highest BCUT2D eigenvalue weighted by atomic mass is 35.5. The van der Waals surface area contributed by atoms with Crippen LogP contribution in [0, 0.1) is 10.1 Å². The van der Waals surface area contributed by atoms with Gasteiger partial charge in [0.05, 0.1) is 22.5 Å². The Balaban J connectivity index is 1.66. The van der Waals surface area contributed by atoms with Crippen LogP contribution in [0.5, 0.6) is 5.75 Å². The Morgan fingerprint density at radius 2 is 2.00 bits per heavy atom. The number of nitrogens with one attached hydrogen (secondary N) is 1. The van der Waals surface area contributed by atoms with Gasteiger partial charge in [0.25, 0.3) is 22.7 Å². The van der Waals surface area contributed by atoms with E-state index < -0.39 is 22.0 Å². The van der Waals surface area contributed by atoms with Crippen LogP contribution in [0.3, 0.4) is 0 Å².